The number of amides is 2. The zero-order valence-corrected chi connectivity index (χ0v) is 19.4. The molecule has 0 saturated carbocycles. The first-order valence-electron chi connectivity index (χ1n) is 7.76. The summed E-state index contributed by atoms with van der Waals surface area (Å²) in [6.07, 6.45) is 2.34. The van der Waals surface area contributed by atoms with Gasteiger partial charge in [-0.3, -0.25) is 9.59 Å². The highest BCUT2D eigenvalue weighted by Crippen LogP contribution is 2.27. The van der Waals surface area contributed by atoms with Crippen molar-refractivity contribution in [2.75, 3.05) is 10.6 Å². The molecule has 2 rings (SSSR count). The van der Waals surface area contributed by atoms with Crippen LogP contribution in [-0.2, 0) is 4.79 Å². The van der Waals surface area contributed by atoms with Crippen LogP contribution in [-0.4, -0.2) is 11.8 Å². The van der Waals surface area contributed by atoms with Crippen LogP contribution in [0.2, 0.25) is 0 Å². The number of rotatable bonds is 6. The number of unbranched alkanes of at least 4 members (excludes halogenated alkanes) is 1. The van der Waals surface area contributed by atoms with Gasteiger partial charge in [0.15, 0.2) is 0 Å². The van der Waals surface area contributed by atoms with Gasteiger partial charge in [-0.25, -0.2) is 0 Å². The summed E-state index contributed by atoms with van der Waals surface area (Å²) < 4.78 is 2.74. The van der Waals surface area contributed by atoms with Crippen molar-refractivity contribution < 1.29 is 9.59 Å². The second kappa shape index (κ2) is 9.86. The largest absolute Gasteiger partial charge is 0.326 e. The Balaban J connectivity index is 2.12. The third-order valence-corrected chi connectivity index (χ3v) is 6.47. The van der Waals surface area contributed by atoms with E-state index >= 15 is 0 Å². The summed E-state index contributed by atoms with van der Waals surface area (Å²) in [4.78, 5) is 24.4. The van der Waals surface area contributed by atoms with Gasteiger partial charge in [0, 0.05) is 29.4 Å². The molecule has 0 fully saturated rings. The predicted molar refractivity (Wildman–Crippen MR) is 122 cm³/mol. The lowest BCUT2D eigenvalue weighted by molar-refractivity contribution is -0.116. The van der Waals surface area contributed by atoms with Crippen molar-refractivity contribution in [1.29, 1.82) is 0 Å². The quantitative estimate of drug-likeness (QED) is 0.304. The van der Waals surface area contributed by atoms with Crippen LogP contribution in [0.1, 0.15) is 36.5 Å². The van der Waals surface area contributed by atoms with Crippen LogP contribution in [0.15, 0.2) is 40.9 Å². The molecule has 0 aromatic heterocycles. The standard InChI is InChI=1S/C18H17BrI2N2O2/c1-2-3-7-16(24)22-12-5-4-6-13(10-12)23-18(25)14-8-11(20)9-15(21)17(14)19/h4-6,8-10H,2-3,7H2,1H3,(H,22,24)(H,23,25). The molecular formula is C18H17BrI2N2O2. The molecule has 0 radical (unpaired) electrons. The van der Waals surface area contributed by atoms with E-state index in [4.69, 9.17) is 0 Å². The number of hydrogen-bond donors (Lipinski definition) is 2. The van der Waals surface area contributed by atoms with Crippen LogP contribution in [0.3, 0.4) is 0 Å². The fourth-order valence-electron chi connectivity index (χ4n) is 2.16. The topological polar surface area (TPSA) is 58.2 Å². The molecule has 7 heteroatoms. The van der Waals surface area contributed by atoms with E-state index in [1.807, 2.05) is 25.1 Å². The summed E-state index contributed by atoms with van der Waals surface area (Å²) in [6, 6.07) is 11.0. The first-order valence-corrected chi connectivity index (χ1v) is 10.7. The lowest BCUT2D eigenvalue weighted by Gasteiger charge is -2.11. The SMILES string of the molecule is CCCCC(=O)Nc1cccc(NC(=O)c2cc(I)cc(I)c2Br)c1. The fourth-order valence-corrected chi connectivity index (χ4v) is 4.41. The van der Waals surface area contributed by atoms with Crippen molar-refractivity contribution in [1.82, 2.24) is 0 Å². The average molecular weight is 627 g/mol. The van der Waals surface area contributed by atoms with E-state index in [1.54, 1.807) is 18.2 Å². The van der Waals surface area contributed by atoms with Crippen molar-refractivity contribution in [2.45, 2.75) is 26.2 Å². The Hall–Kier alpha value is -0.680. The van der Waals surface area contributed by atoms with Gasteiger partial charge in [-0.05, 0) is 97.9 Å². The highest BCUT2D eigenvalue weighted by molar-refractivity contribution is 14.1. The Kier molecular flexibility index (Phi) is 8.14. The summed E-state index contributed by atoms with van der Waals surface area (Å²) in [5.74, 6) is -0.210. The molecule has 2 N–H and O–H groups in total. The molecule has 0 aliphatic heterocycles. The Morgan fingerprint density at radius 2 is 1.76 bits per heavy atom. The molecule has 0 heterocycles. The van der Waals surface area contributed by atoms with Gasteiger partial charge in [-0.1, -0.05) is 19.4 Å². The molecule has 4 nitrogen and oxygen atoms in total. The third kappa shape index (κ3) is 6.21. The third-order valence-electron chi connectivity index (χ3n) is 3.40. The van der Waals surface area contributed by atoms with Crippen LogP contribution in [0.5, 0.6) is 0 Å². The van der Waals surface area contributed by atoms with Gasteiger partial charge in [0.05, 0.1) is 5.56 Å². The average Bonchev–Trinajstić information content (AvgIpc) is 2.56. The fraction of sp³-hybridized carbons (Fsp3) is 0.222. The Bertz CT molecular complexity index is 797. The Morgan fingerprint density at radius 1 is 1.08 bits per heavy atom. The number of hydrogen-bond acceptors (Lipinski definition) is 2. The van der Waals surface area contributed by atoms with Gasteiger partial charge in [0.25, 0.3) is 5.91 Å². The van der Waals surface area contributed by atoms with Gasteiger partial charge in [0.1, 0.15) is 0 Å². The van der Waals surface area contributed by atoms with E-state index in [9.17, 15) is 9.59 Å². The lowest BCUT2D eigenvalue weighted by Crippen LogP contribution is -2.14. The second-order valence-corrected chi connectivity index (χ2v) is 8.64. The molecule has 0 unspecified atom stereocenters. The highest BCUT2D eigenvalue weighted by Gasteiger charge is 2.14. The van der Waals surface area contributed by atoms with Crippen molar-refractivity contribution in [3.63, 3.8) is 0 Å². The number of carbonyl (C=O) groups is 2. The molecule has 2 aromatic rings. The van der Waals surface area contributed by atoms with Crippen LogP contribution in [0.4, 0.5) is 11.4 Å². The normalized spacial score (nSPS) is 10.4. The molecule has 0 aliphatic carbocycles. The van der Waals surface area contributed by atoms with Crippen molar-refractivity contribution in [3.8, 4) is 0 Å². The number of anilines is 2. The van der Waals surface area contributed by atoms with Crippen LogP contribution < -0.4 is 10.6 Å². The summed E-state index contributed by atoms with van der Waals surface area (Å²) in [6.45, 7) is 2.05. The van der Waals surface area contributed by atoms with Gasteiger partial charge >= 0.3 is 0 Å². The summed E-state index contributed by atoms with van der Waals surface area (Å²) in [7, 11) is 0. The molecule has 0 atom stereocenters. The number of nitrogens with one attached hydrogen (secondary N) is 2. The first kappa shape index (κ1) is 20.6. The van der Waals surface area contributed by atoms with E-state index in [0.29, 0.717) is 23.4 Å². The van der Waals surface area contributed by atoms with E-state index in [-0.39, 0.29) is 11.8 Å². The van der Waals surface area contributed by atoms with Crippen LogP contribution in [0, 0.1) is 7.14 Å². The minimum absolute atomic E-state index is 0.0137. The second-order valence-electron chi connectivity index (χ2n) is 5.44. The van der Waals surface area contributed by atoms with E-state index in [2.05, 4.69) is 71.7 Å². The zero-order valence-electron chi connectivity index (χ0n) is 13.5. The van der Waals surface area contributed by atoms with E-state index in [1.165, 1.54) is 0 Å². The summed E-state index contributed by atoms with van der Waals surface area (Å²) in [5.41, 5.74) is 1.89. The Morgan fingerprint density at radius 3 is 2.44 bits per heavy atom. The number of carbonyl (C=O) groups excluding carboxylic acids is 2. The molecule has 0 spiro atoms. The van der Waals surface area contributed by atoms with E-state index < -0.39 is 0 Å². The molecule has 0 aliphatic rings. The summed E-state index contributed by atoms with van der Waals surface area (Å²) in [5, 5.41) is 5.74. The van der Waals surface area contributed by atoms with Crippen molar-refractivity contribution in [3.05, 3.63) is 53.6 Å². The van der Waals surface area contributed by atoms with E-state index in [0.717, 1.165) is 24.5 Å². The molecular weight excluding hydrogens is 610 g/mol. The van der Waals surface area contributed by atoms with Gasteiger partial charge in [-0.2, -0.15) is 0 Å². The molecule has 2 aromatic carbocycles. The minimum atomic E-state index is -0.197. The summed E-state index contributed by atoms with van der Waals surface area (Å²) >= 11 is 7.85. The first-order chi connectivity index (χ1) is 11.9. The van der Waals surface area contributed by atoms with Gasteiger partial charge in [-0.15, -0.1) is 0 Å². The maximum Gasteiger partial charge on any atom is 0.256 e. The van der Waals surface area contributed by atoms with Crippen LogP contribution in [0.25, 0.3) is 0 Å². The van der Waals surface area contributed by atoms with Gasteiger partial charge in [0.2, 0.25) is 5.91 Å². The maximum absolute atomic E-state index is 12.6. The highest BCUT2D eigenvalue weighted by atomic mass is 127. The monoisotopic (exact) mass is 626 g/mol. The maximum atomic E-state index is 12.6. The molecule has 25 heavy (non-hydrogen) atoms. The van der Waals surface area contributed by atoms with Gasteiger partial charge < -0.3 is 10.6 Å². The molecule has 132 valence electrons. The van der Waals surface area contributed by atoms with Crippen LogP contribution >= 0.6 is 61.1 Å². The molecule has 2 amide bonds. The Labute approximate surface area is 182 Å². The number of halogens is 3. The van der Waals surface area contributed by atoms with Crippen molar-refractivity contribution in [2.24, 2.45) is 0 Å². The lowest BCUT2D eigenvalue weighted by atomic mass is 10.2. The minimum Gasteiger partial charge on any atom is -0.326 e. The smallest absolute Gasteiger partial charge is 0.256 e. The molecule has 0 bridgehead atoms. The zero-order chi connectivity index (χ0) is 18.4. The predicted octanol–water partition coefficient (Wildman–Crippen LogP) is 6.04. The molecule has 0 saturated heterocycles. The van der Waals surface area contributed by atoms with Crippen molar-refractivity contribution >= 4 is 84.3 Å². The number of benzene rings is 2.